The van der Waals surface area contributed by atoms with Gasteiger partial charge in [0.2, 0.25) is 0 Å². The van der Waals surface area contributed by atoms with E-state index in [1.54, 1.807) is 0 Å². The largest absolute Gasteiger partial charge is 0.312 e. The van der Waals surface area contributed by atoms with Gasteiger partial charge in [-0.2, -0.15) is 0 Å². The Morgan fingerprint density at radius 1 is 1.41 bits per heavy atom. The van der Waals surface area contributed by atoms with E-state index in [2.05, 4.69) is 30.0 Å². The molecule has 1 atom stereocenters. The molecule has 17 heavy (non-hydrogen) atoms. The second-order valence-electron chi connectivity index (χ2n) is 4.92. The molecule has 1 fully saturated rings. The Bertz CT molecular complexity index is 343. The van der Waals surface area contributed by atoms with Crippen molar-refractivity contribution in [1.29, 1.82) is 0 Å². The summed E-state index contributed by atoms with van der Waals surface area (Å²) in [5, 5.41) is 0. The molecule has 0 bridgehead atoms. The van der Waals surface area contributed by atoms with Gasteiger partial charge in [-0.3, -0.25) is 4.90 Å². The van der Waals surface area contributed by atoms with Crippen molar-refractivity contribution in [3.8, 4) is 0 Å². The van der Waals surface area contributed by atoms with Gasteiger partial charge >= 0.3 is 0 Å². The molecule has 2 rings (SSSR count). The molecule has 2 nitrogen and oxygen atoms in total. The summed E-state index contributed by atoms with van der Waals surface area (Å²) in [6.45, 7) is 4.52. The summed E-state index contributed by atoms with van der Waals surface area (Å²) in [5.41, 5.74) is 9.07. The molecule has 1 aromatic carbocycles. The smallest absolute Gasteiger partial charge is 0.0838 e. The molecule has 1 heterocycles. The molecular formula is C15H23N2. The van der Waals surface area contributed by atoms with Crippen molar-refractivity contribution in [1.82, 2.24) is 4.90 Å². The van der Waals surface area contributed by atoms with Crippen LogP contribution < -0.4 is 5.73 Å². The van der Waals surface area contributed by atoms with Gasteiger partial charge < -0.3 is 5.73 Å². The molecule has 0 aromatic heterocycles. The highest BCUT2D eigenvalue weighted by molar-refractivity contribution is 5.29. The molecule has 2 N–H and O–H groups in total. The molecule has 0 aliphatic carbocycles. The Labute approximate surface area is 105 Å². The number of benzene rings is 1. The molecule has 0 saturated carbocycles. The van der Waals surface area contributed by atoms with Gasteiger partial charge in [-0.25, -0.2) is 0 Å². The zero-order valence-corrected chi connectivity index (χ0v) is 10.8. The predicted octanol–water partition coefficient (Wildman–Crippen LogP) is 2.88. The van der Waals surface area contributed by atoms with Crippen LogP contribution in [0.1, 0.15) is 49.9 Å². The SMILES string of the molecule is CCCCc1cc[c]cc1C(N)N1CCCC1. The average Bonchev–Trinajstić information content (AvgIpc) is 2.89. The lowest BCUT2D eigenvalue weighted by molar-refractivity contribution is 0.250. The van der Waals surface area contributed by atoms with E-state index in [4.69, 9.17) is 5.73 Å². The van der Waals surface area contributed by atoms with E-state index in [1.165, 1.54) is 36.8 Å². The van der Waals surface area contributed by atoms with E-state index in [-0.39, 0.29) is 6.17 Å². The van der Waals surface area contributed by atoms with Crippen molar-refractivity contribution in [3.63, 3.8) is 0 Å². The number of hydrogen-bond acceptors (Lipinski definition) is 2. The number of nitrogens with zero attached hydrogens (tertiary/aromatic N) is 1. The van der Waals surface area contributed by atoms with Crippen molar-refractivity contribution in [2.45, 2.75) is 45.2 Å². The van der Waals surface area contributed by atoms with Crippen molar-refractivity contribution in [2.24, 2.45) is 5.73 Å². The number of aryl methyl sites for hydroxylation is 1. The van der Waals surface area contributed by atoms with Crippen LogP contribution in [0.25, 0.3) is 0 Å². The summed E-state index contributed by atoms with van der Waals surface area (Å²) in [5.74, 6) is 0. The minimum Gasteiger partial charge on any atom is -0.312 e. The van der Waals surface area contributed by atoms with E-state index in [9.17, 15) is 0 Å². The minimum atomic E-state index is 0.0711. The van der Waals surface area contributed by atoms with Crippen LogP contribution >= 0.6 is 0 Å². The third kappa shape index (κ3) is 3.08. The van der Waals surface area contributed by atoms with Gasteiger partial charge in [-0.05, 0) is 62.0 Å². The maximum Gasteiger partial charge on any atom is 0.0838 e. The van der Waals surface area contributed by atoms with Crippen molar-refractivity contribution in [2.75, 3.05) is 13.1 Å². The quantitative estimate of drug-likeness (QED) is 0.844. The highest BCUT2D eigenvalue weighted by Gasteiger charge is 2.21. The van der Waals surface area contributed by atoms with Gasteiger partial charge in [-0.1, -0.05) is 25.5 Å². The molecule has 1 aromatic rings. The molecule has 1 radical (unpaired) electrons. The molecule has 1 unspecified atom stereocenters. The molecule has 1 aliphatic rings. The molecular weight excluding hydrogens is 208 g/mol. The summed E-state index contributed by atoms with van der Waals surface area (Å²) < 4.78 is 0. The first-order chi connectivity index (χ1) is 8.33. The van der Waals surface area contributed by atoms with Crippen LogP contribution in [0.15, 0.2) is 18.2 Å². The van der Waals surface area contributed by atoms with Crippen LogP contribution in [0.5, 0.6) is 0 Å². The number of hydrogen-bond donors (Lipinski definition) is 1. The Hall–Kier alpha value is -0.860. The van der Waals surface area contributed by atoms with E-state index in [0.29, 0.717) is 0 Å². The summed E-state index contributed by atoms with van der Waals surface area (Å²) >= 11 is 0. The van der Waals surface area contributed by atoms with Crippen LogP contribution in [0.2, 0.25) is 0 Å². The van der Waals surface area contributed by atoms with Crippen molar-refractivity contribution < 1.29 is 0 Å². The number of rotatable bonds is 5. The van der Waals surface area contributed by atoms with E-state index in [0.717, 1.165) is 19.5 Å². The average molecular weight is 231 g/mol. The normalized spacial score (nSPS) is 18.5. The minimum absolute atomic E-state index is 0.0711. The van der Waals surface area contributed by atoms with Crippen LogP contribution in [0.4, 0.5) is 0 Å². The monoisotopic (exact) mass is 231 g/mol. The predicted molar refractivity (Wildman–Crippen MR) is 71.6 cm³/mol. The highest BCUT2D eigenvalue weighted by atomic mass is 15.2. The highest BCUT2D eigenvalue weighted by Crippen LogP contribution is 2.24. The summed E-state index contributed by atoms with van der Waals surface area (Å²) in [7, 11) is 0. The summed E-state index contributed by atoms with van der Waals surface area (Å²) in [6.07, 6.45) is 6.26. The van der Waals surface area contributed by atoms with Crippen molar-refractivity contribution >= 4 is 0 Å². The third-order valence-electron chi connectivity index (χ3n) is 3.64. The summed E-state index contributed by atoms with van der Waals surface area (Å²) in [4.78, 5) is 2.39. The van der Waals surface area contributed by atoms with Gasteiger partial charge in [0.05, 0.1) is 6.17 Å². The lowest BCUT2D eigenvalue weighted by Crippen LogP contribution is -2.32. The fourth-order valence-corrected chi connectivity index (χ4v) is 2.56. The fourth-order valence-electron chi connectivity index (χ4n) is 2.56. The van der Waals surface area contributed by atoms with Gasteiger partial charge in [0, 0.05) is 0 Å². The van der Waals surface area contributed by atoms with E-state index >= 15 is 0 Å². The van der Waals surface area contributed by atoms with Crippen LogP contribution in [-0.2, 0) is 6.42 Å². The van der Waals surface area contributed by atoms with Gasteiger partial charge in [-0.15, -0.1) is 0 Å². The first-order valence-electron chi connectivity index (χ1n) is 6.81. The molecule has 0 amide bonds. The molecule has 93 valence electrons. The second-order valence-corrected chi connectivity index (χ2v) is 4.92. The topological polar surface area (TPSA) is 29.3 Å². The summed E-state index contributed by atoms with van der Waals surface area (Å²) in [6, 6.07) is 9.44. The van der Waals surface area contributed by atoms with Crippen LogP contribution in [0.3, 0.4) is 0 Å². The fraction of sp³-hybridized carbons (Fsp3) is 0.600. The zero-order valence-electron chi connectivity index (χ0n) is 10.8. The Morgan fingerprint density at radius 3 is 2.88 bits per heavy atom. The lowest BCUT2D eigenvalue weighted by atomic mass is 10.00. The maximum absolute atomic E-state index is 6.38. The van der Waals surface area contributed by atoms with Crippen molar-refractivity contribution in [3.05, 3.63) is 35.4 Å². The number of unbranched alkanes of at least 4 members (excludes halogenated alkanes) is 1. The van der Waals surface area contributed by atoms with E-state index < -0.39 is 0 Å². The van der Waals surface area contributed by atoms with Gasteiger partial charge in [0.1, 0.15) is 0 Å². The lowest BCUT2D eigenvalue weighted by Gasteiger charge is -2.25. The Kier molecular flexibility index (Phi) is 4.57. The van der Waals surface area contributed by atoms with Gasteiger partial charge in [0.25, 0.3) is 0 Å². The number of nitrogens with two attached hydrogens (primary N) is 1. The van der Waals surface area contributed by atoms with E-state index in [1.807, 2.05) is 6.07 Å². The molecule has 0 spiro atoms. The maximum atomic E-state index is 6.38. The third-order valence-corrected chi connectivity index (χ3v) is 3.64. The Balaban J connectivity index is 2.12. The van der Waals surface area contributed by atoms with Crippen LogP contribution in [-0.4, -0.2) is 18.0 Å². The Morgan fingerprint density at radius 2 is 2.18 bits per heavy atom. The first-order valence-corrected chi connectivity index (χ1v) is 6.81. The first kappa shape index (κ1) is 12.6. The molecule has 1 aliphatic heterocycles. The standard InChI is InChI=1S/C15H23N2/c1-2-3-8-13-9-4-5-10-14(13)15(16)17-11-6-7-12-17/h4,9-10,15H,2-3,6-8,11-12,16H2,1H3. The van der Waals surface area contributed by atoms with Gasteiger partial charge in [0.15, 0.2) is 0 Å². The van der Waals surface area contributed by atoms with Crippen LogP contribution in [0, 0.1) is 6.07 Å². The molecule has 2 heteroatoms. The second kappa shape index (κ2) is 6.18. The number of likely N-dealkylation sites (tertiary alicyclic amines) is 1. The zero-order chi connectivity index (χ0) is 12.1. The molecule has 1 saturated heterocycles.